The Kier molecular flexibility index (Phi) is 0.611. The fraction of sp³-hybridized carbons (Fsp3) is 1.00. The highest BCUT2D eigenvalue weighted by atomic mass is 15.0. The number of hydrogen-bond acceptors (Lipinski definition) is 0. The Morgan fingerprint density at radius 2 is 2.09 bits per heavy atom. The first kappa shape index (κ1) is 5.61. The highest BCUT2D eigenvalue weighted by Gasteiger charge is 2.98. The van der Waals surface area contributed by atoms with Crippen LogP contribution in [0.3, 0.4) is 0 Å². The Morgan fingerprint density at radius 3 is 2.73 bits per heavy atom. The van der Waals surface area contributed by atoms with Crippen LogP contribution in [0.25, 0.3) is 0 Å². The zero-order valence-corrected chi connectivity index (χ0v) is 7.27. The zero-order valence-electron chi connectivity index (χ0n) is 7.27. The van der Waals surface area contributed by atoms with Crippen LogP contribution in [-0.2, 0) is 0 Å². The summed E-state index contributed by atoms with van der Waals surface area (Å²) in [6, 6.07) is 0. The van der Waals surface area contributed by atoms with E-state index in [1.807, 2.05) is 0 Å². The maximum Gasteiger partial charge on any atom is -0.0170 e. The van der Waals surface area contributed by atoms with Crippen molar-refractivity contribution in [3.63, 3.8) is 0 Å². The second-order valence-electron chi connectivity index (χ2n) is 5.48. The van der Waals surface area contributed by atoms with Crippen LogP contribution in [0.4, 0.5) is 0 Å². The molecular weight excluding hydrogens is 132 g/mol. The molecule has 0 bridgehead atoms. The van der Waals surface area contributed by atoms with E-state index in [2.05, 4.69) is 6.92 Å². The third-order valence-corrected chi connectivity index (χ3v) is 5.84. The first-order valence-electron chi connectivity index (χ1n) is 5.34. The van der Waals surface area contributed by atoms with Gasteiger partial charge in [-0.3, -0.25) is 0 Å². The van der Waals surface area contributed by atoms with E-state index in [-0.39, 0.29) is 0 Å². The second kappa shape index (κ2) is 1.20. The molecule has 0 N–H and O–H groups in total. The quantitative estimate of drug-likeness (QED) is 0.495. The molecule has 4 fully saturated rings. The van der Waals surface area contributed by atoms with Gasteiger partial charge >= 0.3 is 0 Å². The summed E-state index contributed by atoms with van der Waals surface area (Å²) in [6.07, 6.45) is 7.93. The molecule has 0 heteroatoms. The smallest absolute Gasteiger partial charge is 0.0170 e. The van der Waals surface area contributed by atoms with Gasteiger partial charge in [-0.1, -0.05) is 19.8 Å². The second-order valence-corrected chi connectivity index (χ2v) is 5.48. The minimum absolute atomic E-state index is 0.984. The van der Waals surface area contributed by atoms with Gasteiger partial charge in [0.25, 0.3) is 0 Å². The van der Waals surface area contributed by atoms with E-state index >= 15 is 0 Å². The van der Waals surface area contributed by atoms with Gasteiger partial charge in [-0.05, 0) is 47.8 Å². The molecule has 0 heterocycles. The molecule has 0 aromatic carbocycles. The SMILES string of the molecule is CC1C2CCCCC23C2CC123. The first-order chi connectivity index (χ1) is 5.34. The number of rotatable bonds is 0. The molecule has 0 aromatic heterocycles. The van der Waals surface area contributed by atoms with Crippen molar-refractivity contribution < 1.29 is 0 Å². The Bertz CT molecular complexity index is 244. The maximum atomic E-state index is 2.53. The minimum atomic E-state index is 0.984. The van der Waals surface area contributed by atoms with Gasteiger partial charge in [0, 0.05) is 0 Å². The van der Waals surface area contributed by atoms with Gasteiger partial charge in [0.1, 0.15) is 0 Å². The van der Waals surface area contributed by atoms with E-state index in [9.17, 15) is 0 Å². The van der Waals surface area contributed by atoms with Crippen LogP contribution in [0, 0.1) is 28.6 Å². The molecule has 5 unspecified atom stereocenters. The molecule has 60 valence electrons. The van der Waals surface area contributed by atoms with Crippen LogP contribution in [0.5, 0.6) is 0 Å². The van der Waals surface area contributed by atoms with Crippen LogP contribution >= 0.6 is 0 Å². The molecule has 0 aromatic rings. The van der Waals surface area contributed by atoms with Crippen molar-refractivity contribution in [2.75, 3.05) is 0 Å². The molecule has 2 spiro atoms. The summed E-state index contributed by atoms with van der Waals surface area (Å²) in [5, 5.41) is 0. The molecule has 4 aliphatic rings. The van der Waals surface area contributed by atoms with E-state index < -0.39 is 0 Å². The Morgan fingerprint density at radius 1 is 1.18 bits per heavy atom. The van der Waals surface area contributed by atoms with E-state index in [1.165, 1.54) is 11.8 Å². The summed E-state index contributed by atoms with van der Waals surface area (Å²) in [7, 11) is 0. The molecule has 0 radical (unpaired) electrons. The molecule has 4 saturated carbocycles. The van der Waals surface area contributed by atoms with Gasteiger partial charge in [-0.25, -0.2) is 0 Å². The van der Waals surface area contributed by atoms with Crippen molar-refractivity contribution in [3.05, 3.63) is 0 Å². The molecule has 0 nitrogen and oxygen atoms in total. The third kappa shape index (κ3) is 0.302. The average molecular weight is 148 g/mol. The minimum Gasteiger partial charge on any atom is -0.0617 e. The van der Waals surface area contributed by atoms with Crippen LogP contribution in [-0.4, -0.2) is 0 Å². The van der Waals surface area contributed by atoms with Crippen molar-refractivity contribution in [1.82, 2.24) is 0 Å². The summed E-state index contributed by atoms with van der Waals surface area (Å²) in [4.78, 5) is 0. The molecule has 0 amide bonds. The topological polar surface area (TPSA) is 0 Å². The Labute approximate surface area is 68.4 Å². The normalized spacial score (nSPS) is 75.5. The van der Waals surface area contributed by atoms with E-state index in [1.54, 1.807) is 32.1 Å². The van der Waals surface area contributed by atoms with Crippen molar-refractivity contribution in [3.8, 4) is 0 Å². The van der Waals surface area contributed by atoms with Crippen LogP contribution < -0.4 is 0 Å². The molecule has 11 heavy (non-hydrogen) atoms. The fourth-order valence-corrected chi connectivity index (χ4v) is 5.39. The largest absolute Gasteiger partial charge is 0.0617 e. The third-order valence-electron chi connectivity index (χ3n) is 5.84. The van der Waals surface area contributed by atoms with Gasteiger partial charge in [-0.2, -0.15) is 0 Å². The van der Waals surface area contributed by atoms with Gasteiger partial charge in [0.15, 0.2) is 0 Å². The lowest BCUT2D eigenvalue weighted by Crippen LogP contribution is -2.47. The van der Waals surface area contributed by atoms with Crippen molar-refractivity contribution in [2.24, 2.45) is 28.6 Å². The van der Waals surface area contributed by atoms with E-state index in [4.69, 9.17) is 0 Å². The Hall–Kier alpha value is 0. The lowest BCUT2D eigenvalue weighted by Gasteiger charge is -2.54. The van der Waals surface area contributed by atoms with Gasteiger partial charge in [0.2, 0.25) is 0 Å². The Balaban J connectivity index is 1.78. The van der Waals surface area contributed by atoms with Crippen LogP contribution in [0.1, 0.15) is 39.0 Å². The lowest BCUT2D eigenvalue weighted by molar-refractivity contribution is -0.0543. The highest BCUT2D eigenvalue weighted by Crippen LogP contribution is 3.03. The van der Waals surface area contributed by atoms with Gasteiger partial charge in [-0.15, -0.1) is 0 Å². The standard InChI is InChI=1S/C11H16/c1-7-8-4-2-3-5-10(8)9-6-11(7,9)10/h7-9H,2-6H2,1H3. The predicted octanol–water partition coefficient (Wildman–Crippen LogP) is 2.83. The predicted molar refractivity (Wildman–Crippen MR) is 44.1 cm³/mol. The molecule has 0 aliphatic heterocycles. The summed E-state index contributed by atoms with van der Waals surface area (Å²) in [6.45, 7) is 2.53. The van der Waals surface area contributed by atoms with Crippen molar-refractivity contribution in [1.29, 1.82) is 0 Å². The number of hydrogen-bond donors (Lipinski definition) is 0. The first-order valence-corrected chi connectivity index (χ1v) is 5.34. The average Bonchev–Trinajstić information content (AvgIpc) is 2.89. The molecule has 4 rings (SSSR count). The van der Waals surface area contributed by atoms with Gasteiger partial charge < -0.3 is 0 Å². The zero-order chi connectivity index (χ0) is 7.27. The summed E-state index contributed by atoms with van der Waals surface area (Å²) >= 11 is 0. The summed E-state index contributed by atoms with van der Waals surface area (Å²) < 4.78 is 0. The molecular formula is C11H16. The summed E-state index contributed by atoms with van der Waals surface area (Å²) in [5.74, 6) is 3.57. The molecule has 4 aliphatic carbocycles. The lowest BCUT2D eigenvalue weighted by atomic mass is 9.51. The van der Waals surface area contributed by atoms with Gasteiger partial charge in [0.05, 0.1) is 0 Å². The highest BCUT2D eigenvalue weighted by molar-refractivity contribution is 5.45. The maximum absolute atomic E-state index is 2.53. The van der Waals surface area contributed by atoms with Crippen molar-refractivity contribution in [2.45, 2.75) is 39.0 Å². The van der Waals surface area contributed by atoms with Crippen LogP contribution in [0.2, 0.25) is 0 Å². The van der Waals surface area contributed by atoms with E-state index in [0.29, 0.717) is 0 Å². The molecule has 0 saturated heterocycles. The fourth-order valence-electron chi connectivity index (χ4n) is 5.39. The molecule has 5 atom stereocenters. The van der Waals surface area contributed by atoms with Crippen LogP contribution in [0.15, 0.2) is 0 Å². The summed E-state index contributed by atoms with van der Waals surface area (Å²) in [5.41, 5.74) is 1.97. The van der Waals surface area contributed by atoms with Crippen molar-refractivity contribution >= 4 is 0 Å². The monoisotopic (exact) mass is 148 g/mol. The van der Waals surface area contributed by atoms with E-state index in [0.717, 1.165) is 16.7 Å².